The third-order valence-corrected chi connectivity index (χ3v) is 5.15. The van der Waals surface area contributed by atoms with E-state index in [1.807, 2.05) is 51.1 Å². The Bertz CT molecular complexity index is 826. The summed E-state index contributed by atoms with van der Waals surface area (Å²) in [5, 5.41) is 3.56. The summed E-state index contributed by atoms with van der Waals surface area (Å²) in [7, 11) is -1.23. The van der Waals surface area contributed by atoms with Crippen LogP contribution in [0.25, 0.3) is 11.5 Å². The lowest BCUT2D eigenvalue weighted by Gasteiger charge is -2.04. The van der Waals surface area contributed by atoms with E-state index in [0.29, 0.717) is 23.3 Å². The van der Waals surface area contributed by atoms with E-state index in [4.69, 9.17) is 8.94 Å². The lowest BCUT2D eigenvalue weighted by molar-refractivity contribution is 0.371. The zero-order valence-electron chi connectivity index (χ0n) is 13.8. The SMILES string of the molecule is CC(C)c1noc(C(C)S(=O)Cc2coc(-c3ccccc3)n2)n1. The van der Waals surface area contributed by atoms with Gasteiger partial charge in [-0.25, -0.2) is 4.98 Å². The Morgan fingerprint density at radius 1 is 1.12 bits per heavy atom. The number of nitrogens with zero attached hydrogens (tertiary/aromatic N) is 3. The van der Waals surface area contributed by atoms with Gasteiger partial charge in [-0.05, 0) is 19.1 Å². The molecule has 7 heteroatoms. The topological polar surface area (TPSA) is 82.0 Å². The maximum Gasteiger partial charge on any atom is 0.242 e. The smallest absolute Gasteiger partial charge is 0.242 e. The Morgan fingerprint density at radius 2 is 1.88 bits per heavy atom. The monoisotopic (exact) mass is 345 g/mol. The van der Waals surface area contributed by atoms with Crippen LogP contribution in [-0.4, -0.2) is 19.3 Å². The molecule has 0 aliphatic heterocycles. The average Bonchev–Trinajstić information content (AvgIpc) is 3.24. The average molecular weight is 345 g/mol. The lowest BCUT2D eigenvalue weighted by atomic mass is 10.2. The van der Waals surface area contributed by atoms with Crippen LogP contribution in [0, 0.1) is 0 Å². The van der Waals surface area contributed by atoms with Gasteiger partial charge >= 0.3 is 0 Å². The molecule has 0 fully saturated rings. The number of aromatic nitrogens is 3. The van der Waals surface area contributed by atoms with Gasteiger partial charge in [-0.15, -0.1) is 0 Å². The molecule has 126 valence electrons. The van der Waals surface area contributed by atoms with Gasteiger partial charge in [0.25, 0.3) is 0 Å². The van der Waals surface area contributed by atoms with Gasteiger partial charge in [-0.1, -0.05) is 37.2 Å². The summed E-state index contributed by atoms with van der Waals surface area (Å²) in [6, 6.07) is 9.60. The second-order valence-electron chi connectivity index (χ2n) is 5.82. The quantitative estimate of drug-likeness (QED) is 0.675. The third-order valence-electron chi connectivity index (χ3n) is 3.58. The second-order valence-corrected chi connectivity index (χ2v) is 7.58. The van der Waals surface area contributed by atoms with Crippen molar-refractivity contribution < 1.29 is 13.1 Å². The van der Waals surface area contributed by atoms with Crippen molar-refractivity contribution in [1.82, 2.24) is 15.1 Å². The fraction of sp³-hybridized carbons (Fsp3) is 0.353. The summed E-state index contributed by atoms with van der Waals surface area (Å²) < 4.78 is 23.2. The molecular weight excluding hydrogens is 326 g/mol. The summed E-state index contributed by atoms with van der Waals surface area (Å²) in [6.07, 6.45) is 1.54. The maximum atomic E-state index is 12.5. The molecule has 0 bridgehead atoms. The van der Waals surface area contributed by atoms with E-state index in [2.05, 4.69) is 15.1 Å². The van der Waals surface area contributed by atoms with Gasteiger partial charge in [-0.3, -0.25) is 4.21 Å². The summed E-state index contributed by atoms with van der Waals surface area (Å²) in [4.78, 5) is 8.71. The van der Waals surface area contributed by atoms with Gasteiger partial charge in [-0.2, -0.15) is 4.98 Å². The zero-order valence-corrected chi connectivity index (χ0v) is 14.6. The van der Waals surface area contributed by atoms with E-state index in [1.165, 1.54) is 0 Å². The highest BCUT2D eigenvalue weighted by molar-refractivity contribution is 7.84. The number of rotatable bonds is 6. The highest BCUT2D eigenvalue weighted by Crippen LogP contribution is 2.24. The zero-order chi connectivity index (χ0) is 17.1. The molecule has 2 heterocycles. The second kappa shape index (κ2) is 7.09. The molecule has 0 radical (unpaired) electrons. The van der Waals surface area contributed by atoms with Crippen LogP contribution in [0.5, 0.6) is 0 Å². The lowest BCUT2D eigenvalue weighted by Crippen LogP contribution is -2.06. The highest BCUT2D eigenvalue weighted by atomic mass is 32.2. The Balaban J connectivity index is 1.69. The molecule has 0 saturated carbocycles. The number of hydrogen-bond acceptors (Lipinski definition) is 6. The minimum Gasteiger partial charge on any atom is -0.444 e. The van der Waals surface area contributed by atoms with E-state index < -0.39 is 10.8 Å². The Hall–Kier alpha value is -2.28. The first-order valence-corrected chi connectivity index (χ1v) is 9.13. The van der Waals surface area contributed by atoms with Crippen LogP contribution < -0.4 is 0 Å². The van der Waals surface area contributed by atoms with Gasteiger partial charge in [0.2, 0.25) is 11.8 Å². The van der Waals surface area contributed by atoms with E-state index in [9.17, 15) is 4.21 Å². The molecule has 0 aliphatic rings. The fourth-order valence-electron chi connectivity index (χ4n) is 2.12. The van der Waals surface area contributed by atoms with E-state index in [1.54, 1.807) is 6.26 Å². The number of benzene rings is 1. The van der Waals surface area contributed by atoms with Crippen molar-refractivity contribution in [3.8, 4) is 11.5 Å². The van der Waals surface area contributed by atoms with Gasteiger partial charge in [0, 0.05) is 22.3 Å². The van der Waals surface area contributed by atoms with E-state index in [0.717, 1.165) is 5.56 Å². The molecular formula is C17H19N3O3S. The summed E-state index contributed by atoms with van der Waals surface area (Å²) >= 11 is 0. The van der Waals surface area contributed by atoms with Crippen molar-refractivity contribution >= 4 is 10.8 Å². The molecule has 3 rings (SSSR count). The first-order valence-electron chi connectivity index (χ1n) is 7.75. The van der Waals surface area contributed by atoms with Crippen molar-refractivity contribution in [2.45, 2.75) is 37.7 Å². The number of oxazole rings is 1. The van der Waals surface area contributed by atoms with Gasteiger partial charge in [0.1, 0.15) is 11.5 Å². The van der Waals surface area contributed by atoms with Crippen LogP contribution in [0.15, 0.2) is 45.5 Å². The highest BCUT2D eigenvalue weighted by Gasteiger charge is 2.22. The Morgan fingerprint density at radius 3 is 2.54 bits per heavy atom. The van der Waals surface area contributed by atoms with Gasteiger partial charge in [0.05, 0.1) is 11.4 Å². The van der Waals surface area contributed by atoms with Crippen molar-refractivity contribution in [2.24, 2.45) is 0 Å². The summed E-state index contributed by atoms with van der Waals surface area (Å²) in [5.41, 5.74) is 1.53. The Kier molecular flexibility index (Phi) is 4.89. The molecule has 1 aromatic carbocycles. The molecule has 0 amide bonds. The predicted octanol–water partition coefficient (Wildman–Crippen LogP) is 3.86. The Labute approximate surface area is 142 Å². The first kappa shape index (κ1) is 16.6. The summed E-state index contributed by atoms with van der Waals surface area (Å²) in [5.74, 6) is 1.99. The van der Waals surface area contributed by atoms with Crippen LogP contribution in [0.2, 0.25) is 0 Å². The molecule has 0 aliphatic carbocycles. The van der Waals surface area contributed by atoms with Crippen molar-refractivity contribution in [1.29, 1.82) is 0 Å². The van der Waals surface area contributed by atoms with Crippen molar-refractivity contribution in [3.63, 3.8) is 0 Å². The van der Waals surface area contributed by atoms with Crippen LogP contribution in [0.1, 0.15) is 49.3 Å². The first-order chi connectivity index (χ1) is 11.5. The summed E-state index contributed by atoms with van der Waals surface area (Å²) in [6.45, 7) is 5.78. The van der Waals surface area contributed by atoms with Crippen LogP contribution in [0.4, 0.5) is 0 Å². The van der Waals surface area contributed by atoms with Crippen LogP contribution in [-0.2, 0) is 16.6 Å². The molecule has 0 saturated heterocycles. The molecule has 2 unspecified atom stereocenters. The standard InChI is InChI=1S/C17H19N3O3S/c1-11(2)15-19-16(23-20-15)12(3)24(21)10-14-9-22-17(18-14)13-7-5-4-6-8-13/h4-9,11-12H,10H2,1-3H3. The minimum absolute atomic E-state index is 0.173. The van der Waals surface area contributed by atoms with Gasteiger partial charge < -0.3 is 8.94 Å². The van der Waals surface area contributed by atoms with Crippen molar-refractivity contribution in [3.05, 3.63) is 54.0 Å². The largest absolute Gasteiger partial charge is 0.444 e. The maximum absolute atomic E-state index is 12.5. The van der Waals surface area contributed by atoms with Gasteiger partial charge in [0.15, 0.2) is 5.82 Å². The van der Waals surface area contributed by atoms with E-state index >= 15 is 0 Å². The van der Waals surface area contributed by atoms with Crippen molar-refractivity contribution in [2.75, 3.05) is 0 Å². The molecule has 0 N–H and O–H groups in total. The molecule has 2 atom stereocenters. The minimum atomic E-state index is -1.23. The predicted molar refractivity (Wildman–Crippen MR) is 90.6 cm³/mol. The molecule has 2 aromatic heterocycles. The molecule has 3 aromatic rings. The molecule has 0 spiro atoms. The normalized spacial score (nSPS) is 14.0. The third kappa shape index (κ3) is 3.62. The number of hydrogen-bond donors (Lipinski definition) is 0. The fourth-order valence-corrected chi connectivity index (χ4v) is 3.11. The van der Waals surface area contributed by atoms with Crippen LogP contribution >= 0.6 is 0 Å². The van der Waals surface area contributed by atoms with E-state index in [-0.39, 0.29) is 16.9 Å². The van der Waals surface area contributed by atoms with Crippen LogP contribution in [0.3, 0.4) is 0 Å². The molecule has 6 nitrogen and oxygen atoms in total. The molecule has 24 heavy (non-hydrogen) atoms.